The fraction of sp³-hybridized carbons (Fsp3) is 0.261. The number of anilines is 1. The summed E-state index contributed by atoms with van der Waals surface area (Å²) in [5.74, 6) is -0.190. The number of nitrogens with one attached hydrogen (secondary N) is 1. The van der Waals surface area contributed by atoms with E-state index in [9.17, 15) is 9.59 Å². The normalized spacial score (nSPS) is 10.6. The Morgan fingerprint density at radius 1 is 1.04 bits per heavy atom. The number of hydrogen-bond donors (Lipinski definition) is 1. The molecule has 3 rings (SSSR count). The standard InChI is InChI=1S/C23H25N3O2/c1-3-5-18-8-10-19(11-9-18)22(27)12-13-23(28)25-20-6-4-7-21(16-20)26-17(2)14-15-24-26/h4,6-11,14-16H,3,5,12-13H2,1-2H3,(H,25,28). The maximum Gasteiger partial charge on any atom is 0.224 e. The molecule has 1 heterocycles. The lowest BCUT2D eigenvalue weighted by Crippen LogP contribution is -2.14. The monoisotopic (exact) mass is 375 g/mol. The molecule has 5 nitrogen and oxygen atoms in total. The van der Waals surface area contributed by atoms with Crippen LogP contribution < -0.4 is 5.32 Å². The molecule has 0 fully saturated rings. The van der Waals surface area contributed by atoms with E-state index in [1.165, 1.54) is 5.56 Å². The molecule has 0 spiro atoms. The van der Waals surface area contributed by atoms with Crippen molar-refractivity contribution in [2.24, 2.45) is 0 Å². The van der Waals surface area contributed by atoms with Gasteiger partial charge in [0.25, 0.3) is 0 Å². The zero-order chi connectivity index (χ0) is 19.9. The first-order valence-corrected chi connectivity index (χ1v) is 9.60. The summed E-state index contributed by atoms with van der Waals surface area (Å²) >= 11 is 0. The molecular weight excluding hydrogens is 350 g/mol. The minimum Gasteiger partial charge on any atom is -0.326 e. The fourth-order valence-electron chi connectivity index (χ4n) is 3.10. The van der Waals surface area contributed by atoms with E-state index in [0.29, 0.717) is 11.3 Å². The molecule has 28 heavy (non-hydrogen) atoms. The lowest BCUT2D eigenvalue weighted by Gasteiger charge is -2.09. The van der Waals surface area contributed by atoms with Crippen LogP contribution in [0.4, 0.5) is 5.69 Å². The van der Waals surface area contributed by atoms with Crippen molar-refractivity contribution in [3.05, 3.63) is 77.6 Å². The Morgan fingerprint density at radius 3 is 2.50 bits per heavy atom. The topological polar surface area (TPSA) is 64.0 Å². The van der Waals surface area contributed by atoms with E-state index in [-0.39, 0.29) is 24.5 Å². The first-order chi connectivity index (χ1) is 13.6. The summed E-state index contributed by atoms with van der Waals surface area (Å²) < 4.78 is 1.81. The molecule has 1 N–H and O–H groups in total. The lowest BCUT2D eigenvalue weighted by atomic mass is 10.0. The number of rotatable bonds is 8. The molecule has 3 aromatic rings. The van der Waals surface area contributed by atoms with Crippen LogP contribution in [0.5, 0.6) is 0 Å². The Kier molecular flexibility index (Phi) is 6.37. The van der Waals surface area contributed by atoms with Gasteiger partial charge in [-0.25, -0.2) is 4.68 Å². The number of amides is 1. The molecule has 2 aromatic carbocycles. The zero-order valence-corrected chi connectivity index (χ0v) is 16.3. The number of ketones is 1. The molecule has 0 aliphatic rings. The van der Waals surface area contributed by atoms with E-state index in [1.54, 1.807) is 10.9 Å². The maximum atomic E-state index is 12.3. The highest BCUT2D eigenvalue weighted by Gasteiger charge is 2.10. The van der Waals surface area contributed by atoms with Gasteiger partial charge in [0, 0.05) is 36.0 Å². The van der Waals surface area contributed by atoms with Gasteiger partial charge >= 0.3 is 0 Å². The van der Waals surface area contributed by atoms with Gasteiger partial charge in [-0.05, 0) is 43.2 Å². The first-order valence-electron chi connectivity index (χ1n) is 9.60. The van der Waals surface area contributed by atoms with Crippen LogP contribution in [-0.2, 0) is 11.2 Å². The summed E-state index contributed by atoms with van der Waals surface area (Å²) in [6.07, 6.45) is 4.17. The Morgan fingerprint density at radius 2 is 1.82 bits per heavy atom. The van der Waals surface area contributed by atoms with Crippen molar-refractivity contribution in [3.63, 3.8) is 0 Å². The molecule has 0 bridgehead atoms. The SMILES string of the molecule is CCCc1ccc(C(=O)CCC(=O)Nc2cccc(-n3nccc3C)c2)cc1. The van der Waals surface area contributed by atoms with Crippen LogP contribution in [-0.4, -0.2) is 21.5 Å². The number of aryl methyl sites for hydroxylation is 2. The zero-order valence-electron chi connectivity index (χ0n) is 16.3. The molecule has 1 aromatic heterocycles. The van der Waals surface area contributed by atoms with Crippen LogP contribution in [0.15, 0.2) is 60.8 Å². The summed E-state index contributed by atoms with van der Waals surface area (Å²) in [6.45, 7) is 4.10. The fourth-order valence-corrected chi connectivity index (χ4v) is 3.10. The highest BCUT2D eigenvalue weighted by atomic mass is 16.2. The third-order valence-electron chi connectivity index (χ3n) is 4.60. The second-order valence-electron chi connectivity index (χ2n) is 6.85. The summed E-state index contributed by atoms with van der Waals surface area (Å²) in [5.41, 5.74) is 4.46. The van der Waals surface area contributed by atoms with Crippen molar-refractivity contribution in [1.82, 2.24) is 9.78 Å². The molecule has 1 amide bonds. The van der Waals surface area contributed by atoms with E-state index in [0.717, 1.165) is 24.2 Å². The van der Waals surface area contributed by atoms with E-state index in [1.807, 2.05) is 61.5 Å². The number of aromatic nitrogens is 2. The number of benzene rings is 2. The van der Waals surface area contributed by atoms with Gasteiger partial charge in [-0.15, -0.1) is 0 Å². The van der Waals surface area contributed by atoms with Crippen LogP contribution in [0, 0.1) is 6.92 Å². The van der Waals surface area contributed by atoms with Crippen molar-refractivity contribution in [2.75, 3.05) is 5.32 Å². The van der Waals surface area contributed by atoms with Gasteiger partial charge < -0.3 is 5.32 Å². The molecule has 144 valence electrons. The number of nitrogens with zero attached hydrogens (tertiary/aromatic N) is 2. The van der Waals surface area contributed by atoms with Crippen LogP contribution in [0.25, 0.3) is 5.69 Å². The minimum absolute atomic E-state index is 0.0147. The Balaban J connectivity index is 1.56. The molecule has 0 saturated carbocycles. The average Bonchev–Trinajstić information content (AvgIpc) is 3.13. The average molecular weight is 375 g/mol. The molecule has 0 aliphatic carbocycles. The van der Waals surface area contributed by atoms with Gasteiger partial charge in [0.05, 0.1) is 5.69 Å². The molecule has 0 atom stereocenters. The predicted octanol–water partition coefficient (Wildman–Crippen LogP) is 4.73. The van der Waals surface area contributed by atoms with Crippen LogP contribution >= 0.6 is 0 Å². The van der Waals surface area contributed by atoms with Gasteiger partial charge in [0.1, 0.15) is 0 Å². The van der Waals surface area contributed by atoms with Gasteiger partial charge in [-0.2, -0.15) is 5.10 Å². The second-order valence-corrected chi connectivity index (χ2v) is 6.85. The van der Waals surface area contributed by atoms with Crippen LogP contribution in [0.3, 0.4) is 0 Å². The number of hydrogen-bond acceptors (Lipinski definition) is 3. The molecule has 0 saturated heterocycles. The Hall–Kier alpha value is -3.21. The Labute approximate surface area is 165 Å². The maximum absolute atomic E-state index is 12.3. The third kappa shape index (κ3) is 4.94. The van der Waals surface area contributed by atoms with E-state index < -0.39 is 0 Å². The highest BCUT2D eigenvalue weighted by Crippen LogP contribution is 2.16. The Bertz CT molecular complexity index is 958. The quantitative estimate of drug-likeness (QED) is 0.579. The number of carbonyl (C=O) groups is 2. The number of Topliss-reactive ketones (excluding diaryl/α,β-unsaturated/α-hetero) is 1. The predicted molar refractivity (Wildman–Crippen MR) is 111 cm³/mol. The summed E-state index contributed by atoms with van der Waals surface area (Å²) in [5, 5.41) is 7.14. The van der Waals surface area contributed by atoms with Gasteiger partial charge in [0.15, 0.2) is 5.78 Å². The molecule has 0 radical (unpaired) electrons. The lowest BCUT2D eigenvalue weighted by molar-refractivity contribution is -0.116. The minimum atomic E-state index is -0.176. The van der Waals surface area contributed by atoms with E-state index >= 15 is 0 Å². The first kappa shape index (κ1) is 19.5. The molecule has 0 aliphatic heterocycles. The van der Waals surface area contributed by atoms with Gasteiger partial charge in [-0.1, -0.05) is 43.7 Å². The van der Waals surface area contributed by atoms with Crippen molar-refractivity contribution < 1.29 is 9.59 Å². The van der Waals surface area contributed by atoms with Gasteiger partial charge in [-0.3, -0.25) is 9.59 Å². The number of carbonyl (C=O) groups excluding carboxylic acids is 2. The van der Waals surface area contributed by atoms with Gasteiger partial charge in [0.2, 0.25) is 5.91 Å². The third-order valence-corrected chi connectivity index (χ3v) is 4.60. The largest absolute Gasteiger partial charge is 0.326 e. The molecular formula is C23H25N3O2. The van der Waals surface area contributed by atoms with Crippen molar-refractivity contribution >= 4 is 17.4 Å². The van der Waals surface area contributed by atoms with Crippen molar-refractivity contribution in [2.45, 2.75) is 39.5 Å². The summed E-state index contributed by atoms with van der Waals surface area (Å²) in [7, 11) is 0. The molecule has 0 unspecified atom stereocenters. The molecule has 5 heteroatoms. The summed E-state index contributed by atoms with van der Waals surface area (Å²) in [4.78, 5) is 24.6. The smallest absolute Gasteiger partial charge is 0.224 e. The van der Waals surface area contributed by atoms with Crippen molar-refractivity contribution in [3.8, 4) is 5.69 Å². The van der Waals surface area contributed by atoms with Crippen LogP contribution in [0.1, 0.15) is 47.8 Å². The van der Waals surface area contributed by atoms with Crippen LogP contribution in [0.2, 0.25) is 0 Å². The second kappa shape index (κ2) is 9.13. The van der Waals surface area contributed by atoms with E-state index in [2.05, 4.69) is 17.3 Å². The highest BCUT2D eigenvalue weighted by molar-refractivity contribution is 6.00. The van der Waals surface area contributed by atoms with Crippen molar-refractivity contribution in [1.29, 1.82) is 0 Å². The summed E-state index contributed by atoms with van der Waals surface area (Å²) in [6, 6.07) is 17.1. The van der Waals surface area contributed by atoms with E-state index in [4.69, 9.17) is 0 Å².